The van der Waals surface area contributed by atoms with Crippen LogP contribution in [-0.4, -0.2) is 50.0 Å². The van der Waals surface area contributed by atoms with Crippen LogP contribution in [0.15, 0.2) is 24.3 Å². The second kappa shape index (κ2) is 7.85. The number of methoxy groups -OCH3 is 1. The molecule has 2 atom stereocenters. The molecule has 116 valence electrons. The largest absolute Gasteiger partial charge is 0.497 e. The molecule has 6 heteroatoms. The van der Waals surface area contributed by atoms with Crippen LogP contribution in [0.2, 0.25) is 0 Å². The maximum Gasteiger partial charge on any atom is 0.237 e. The number of amides is 1. The van der Waals surface area contributed by atoms with Gasteiger partial charge in [0.25, 0.3) is 0 Å². The number of nitrogens with one attached hydrogen (secondary N) is 2. The van der Waals surface area contributed by atoms with Crippen LogP contribution in [0.1, 0.15) is 12.8 Å². The average molecular weight is 294 g/mol. The van der Waals surface area contributed by atoms with E-state index in [2.05, 4.69) is 10.6 Å². The summed E-state index contributed by atoms with van der Waals surface area (Å²) in [6.45, 7) is 1.58. The van der Waals surface area contributed by atoms with Gasteiger partial charge < -0.3 is 25.2 Å². The molecule has 1 aliphatic heterocycles. The number of carbonyl (C=O) groups is 1. The lowest BCUT2D eigenvalue weighted by Gasteiger charge is -2.11. The summed E-state index contributed by atoms with van der Waals surface area (Å²) in [5.41, 5.74) is 0. The minimum Gasteiger partial charge on any atom is -0.497 e. The fraction of sp³-hybridized carbons (Fsp3) is 0.533. The molecule has 0 radical (unpaired) electrons. The number of hydrogen-bond donors (Lipinski definition) is 3. The Morgan fingerprint density at radius 2 is 2.10 bits per heavy atom. The lowest BCUT2D eigenvalue weighted by Crippen LogP contribution is -2.40. The van der Waals surface area contributed by atoms with Crippen LogP contribution < -0.4 is 20.1 Å². The van der Waals surface area contributed by atoms with Gasteiger partial charge in [-0.15, -0.1) is 0 Å². The first-order valence-electron chi connectivity index (χ1n) is 7.15. The van der Waals surface area contributed by atoms with Crippen molar-refractivity contribution in [2.45, 2.75) is 25.0 Å². The molecule has 1 aliphatic rings. The first-order valence-corrected chi connectivity index (χ1v) is 7.15. The van der Waals surface area contributed by atoms with E-state index >= 15 is 0 Å². The van der Waals surface area contributed by atoms with Crippen molar-refractivity contribution in [3.8, 4) is 11.5 Å². The van der Waals surface area contributed by atoms with Crippen molar-refractivity contribution in [1.29, 1.82) is 0 Å². The highest BCUT2D eigenvalue weighted by Gasteiger charge is 2.27. The van der Waals surface area contributed by atoms with Gasteiger partial charge in [-0.2, -0.15) is 0 Å². The molecule has 0 spiro atoms. The minimum atomic E-state index is -0.417. The Balaban J connectivity index is 1.58. The standard InChI is InChI=1S/C15H22N2O4/c1-20-12-3-5-13(6-4-12)21-8-2-7-16-15(19)14-9-11(18)10-17-14/h3-6,11,14,17-18H,2,7-10H2,1H3,(H,16,19). The molecule has 0 aliphatic carbocycles. The van der Waals surface area contributed by atoms with Crippen molar-refractivity contribution in [3.63, 3.8) is 0 Å². The molecular formula is C15H22N2O4. The molecular weight excluding hydrogens is 272 g/mol. The molecule has 6 nitrogen and oxygen atoms in total. The monoisotopic (exact) mass is 294 g/mol. The van der Waals surface area contributed by atoms with E-state index in [1.807, 2.05) is 24.3 Å². The zero-order valence-electron chi connectivity index (χ0n) is 12.2. The van der Waals surface area contributed by atoms with Crippen molar-refractivity contribution >= 4 is 5.91 Å². The predicted molar refractivity (Wildman–Crippen MR) is 78.5 cm³/mol. The second-order valence-electron chi connectivity index (χ2n) is 5.02. The van der Waals surface area contributed by atoms with E-state index in [9.17, 15) is 9.90 Å². The van der Waals surface area contributed by atoms with E-state index < -0.39 is 6.10 Å². The number of carbonyl (C=O) groups excluding carboxylic acids is 1. The number of ether oxygens (including phenoxy) is 2. The Labute approximate surface area is 124 Å². The Hall–Kier alpha value is -1.79. The first kappa shape index (κ1) is 15.6. The summed E-state index contributed by atoms with van der Waals surface area (Å²) in [5, 5.41) is 15.2. The van der Waals surface area contributed by atoms with E-state index in [0.717, 1.165) is 17.9 Å². The lowest BCUT2D eigenvalue weighted by molar-refractivity contribution is -0.122. The van der Waals surface area contributed by atoms with Gasteiger partial charge >= 0.3 is 0 Å². The highest BCUT2D eigenvalue weighted by Crippen LogP contribution is 2.16. The third kappa shape index (κ3) is 4.91. The highest BCUT2D eigenvalue weighted by atomic mass is 16.5. The van der Waals surface area contributed by atoms with Gasteiger partial charge in [0.1, 0.15) is 11.5 Å². The molecule has 1 amide bonds. The van der Waals surface area contributed by atoms with Crippen LogP contribution in [0.3, 0.4) is 0 Å². The fourth-order valence-corrected chi connectivity index (χ4v) is 2.19. The average Bonchev–Trinajstić information content (AvgIpc) is 2.94. The number of rotatable bonds is 7. The van der Waals surface area contributed by atoms with Gasteiger partial charge in [-0.3, -0.25) is 4.79 Å². The van der Waals surface area contributed by atoms with E-state index in [4.69, 9.17) is 9.47 Å². The predicted octanol–water partition coefficient (Wildman–Crippen LogP) is 0.303. The molecule has 1 aromatic rings. The molecule has 1 heterocycles. The molecule has 0 saturated carbocycles. The zero-order valence-corrected chi connectivity index (χ0v) is 12.2. The molecule has 1 fully saturated rings. The van der Waals surface area contributed by atoms with Crippen LogP contribution >= 0.6 is 0 Å². The smallest absolute Gasteiger partial charge is 0.237 e. The summed E-state index contributed by atoms with van der Waals surface area (Å²) < 4.78 is 10.6. The van der Waals surface area contributed by atoms with E-state index in [-0.39, 0.29) is 11.9 Å². The van der Waals surface area contributed by atoms with Crippen molar-refractivity contribution in [1.82, 2.24) is 10.6 Å². The molecule has 2 unspecified atom stereocenters. The number of hydrogen-bond acceptors (Lipinski definition) is 5. The zero-order chi connectivity index (χ0) is 15.1. The molecule has 0 bridgehead atoms. The van der Waals surface area contributed by atoms with Gasteiger partial charge in [-0.25, -0.2) is 0 Å². The topological polar surface area (TPSA) is 79.8 Å². The van der Waals surface area contributed by atoms with Crippen molar-refractivity contribution in [2.75, 3.05) is 26.8 Å². The molecule has 1 aromatic carbocycles. The Morgan fingerprint density at radius 1 is 1.38 bits per heavy atom. The summed E-state index contributed by atoms with van der Waals surface area (Å²) >= 11 is 0. The second-order valence-corrected chi connectivity index (χ2v) is 5.02. The van der Waals surface area contributed by atoms with Gasteiger partial charge in [0.2, 0.25) is 5.91 Å². The van der Waals surface area contributed by atoms with E-state index in [0.29, 0.717) is 26.1 Å². The third-order valence-corrected chi connectivity index (χ3v) is 3.37. The number of aliphatic hydroxyl groups is 1. The molecule has 1 saturated heterocycles. The first-order chi connectivity index (χ1) is 10.2. The van der Waals surface area contributed by atoms with E-state index in [1.165, 1.54) is 0 Å². The van der Waals surface area contributed by atoms with Gasteiger partial charge in [0.05, 0.1) is 25.9 Å². The quantitative estimate of drug-likeness (QED) is 0.631. The van der Waals surface area contributed by atoms with Gasteiger partial charge in [-0.05, 0) is 37.1 Å². The van der Waals surface area contributed by atoms with Crippen LogP contribution in [0.5, 0.6) is 11.5 Å². The molecule has 3 N–H and O–H groups in total. The van der Waals surface area contributed by atoms with Crippen LogP contribution in [0.4, 0.5) is 0 Å². The SMILES string of the molecule is COc1ccc(OCCCNC(=O)C2CC(O)CN2)cc1. The summed E-state index contributed by atoms with van der Waals surface area (Å²) in [7, 11) is 1.62. The highest BCUT2D eigenvalue weighted by molar-refractivity contribution is 5.82. The van der Waals surface area contributed by atoms with Crippen molar-refractivity contribution in [2.24, 2.45) is 0 Å². The summed E-state index contributed by atoms with van der Waals surface area (Å²) in [6.07, 6.45) is 0.792. The lowest BCUT2D eigenvalue weighted by atomic mass is 10.2. The minimum absolute atomic E-state index is 0.0593. The summed E-state index contributed by atoms with van der Waals surface area (Å²) in [5.74, 6) is 1.51. The molecule has 0 aromatic heterocycles. The van der Waals surface area contributed by atoms with Gasteiger partial charge in [0, 0.05) is 13.1 Å². The van der Waals surface area contributed by atoms with Crippen LogP contribution in [-0.2, 0) is 4.79 Å². The number of aliphatic hydroxyl groups excluding tert-OH is 1. The third-order valence-electron chi connectivity index (χ3n) is 3.37. The summed E-state index contributed by atoms with van der Waals surface area (Å²) in [4.78, 5) is 11.8. The van der Waals surface area contributed by atoms with Crippen LogP contribution in [0, 0.1) is 0 Å². The summed E-state index contributed by atoms with van der Waals surface area (Å²) in [6, 6.07) is 7.10. The normalized spacial score (nSPS) is 21.0. The van der Waals surface area contributed by atoms with Crippen LogP contribution in [0.25, 0.3) is 0 Å². The number of β-amino-alcohol motifs (C(OH)–C–C–N with tert-alkyl or cyclic N) is 1. The fourth-order valence-electron chi connectivity index (χ4n) is 2.19. The molecule has 21 heavy (non-hydrogen) atoms. The Morgan fingerprint density at radius 3 is 2.71 bits per heavy atom. The van der Waals surface area contributed by atoms with Crippen molar-refractivity contribution in [3.05, 3.63) is 24.3 Å². The van der Waals surface area contributed by atoms with Crippen molar-refractivity contribution < 1.29 is 19.4 Å². The Kier molecular flexibility index (Phi) is 5.83. The van der Waals surface area contributed by atoms with E-state index in [1.54, 1.807) is 7.11 Å². The maximum absolute atomic E-state index is 11.8. The van der Waals surface area contributed by atoms with Gasteiger partial charge in [-0.1, -0.05) is 0 Å². The molecule has 2 rings (SSSR count). The number of benzene rings is 1. The van der Waals surface area contributed by atoms with Gasteiger partial charge in [0.15, 0.2) is 0 Å². The Bertz CT molecular complexity index is 449. The maximum atomic E-state index is 11.8.